The molecule has 4 heteroatoms. The third-order valence-corrected chi connectivity index (χ3v) is 4.24. The van der Waals surface area contributed by atoms with E-state index in [1.54, 1.807) is 0 Å². The average molecular weight is 277 g/mol. The topological polar surface area (TPSA) is 38.1 Å². The number of fused-ring (bicyclic) bond motifs is 1. The summed E-state index contributed by atoms with van der Waals surface area (Å²) in [4.78, 5) is 0. The lowest BCUT2D eigenvalue weighted by molar-refractivity contribution is 0.396. The molecule has 2 atom stereocenters. The Morgan fingerprint density at radius 2 is 2.05 bits per heavy atom. The van der Waals surface area contributed by atoms with Gasteiger partial charge in [0.15, 0.2) is 0 Å². The predicted molar refractivity (Wildman–Crippen MR) is 76.8 cm³/mol. The molecule has 1 heterocycles. The second kappa shape index (κ2) is 4.89. The van der Waals surface area contributed by atoms with Crippen molar-refractivity contribution in [2.24, 2.45) is 5.92 Å². The molecule has 3 nitrogen and oxygen atoms in total. The van der Waals surface area contributed by atoms with Crippen LogP contribution < -0.4 is 5.32 Å². The molecule has 0 saturated heterocycles. The molecule has 0 fully saturated rings. The van der Waals surface area contributed by atoms with Gasteiger partial charge in [-0.1, -0.05) is 35.8 Å². The van der Waals surface area contributed by atoms with Crippen molar-refractivity contribution in [2.45, 2.75) is 25.7 Å². The Morgan fingerprint density at radius 3 is 2.74 bits per heavy atom. The first-order chi connectivity index (χ1) is 9.20. The molecule has 1 aromatic heterocycles. The van der Waals surface area contributed by atoms with Crippen LogP contribution in [0.5, 0.6) is 0 Å². The summed E-state index contributed by atoms with van der Waals surface area (Å²) in [6, 6.07) is 8.06. The summed E-state index contributed by atoms with van der Waals surface area (Å²) >= 11 is 5.97. The van der Waals surface area contributed by atoms with Crippen LogP contribution in [0, 0.1) is 5.92 Å². The highest BCUT2D eigenvalue weighted by Gasteiger charge is 2.33. The molecule has 0 radical (unpaired) electrons. The van der Waals surface area contributed by atoms with E-state index < -0.39 is 0 Å². The summed E-state index contributed by atoms with van der Waals surface area (Å²) in [5, 5.41) is 8.14. The lowest BCUT2D eigenvalue weighted by atomic mass is 9.76. The Balaban J connectivity index is 2.06. The normalized spacial score (nSPS) is 22.1. The van der Waals surface area contributed by atoms with Crippen LogP contribution in [-0.4, -0.2) is 12.2 Å². The van der Waals surface area contributed by atoms with Crippen molar-refractivity contribution in [2.75, 3.05) is 12.4 Å². The number of hydrogen-bond donors (Lipinski definition) is 1. The van der Waals surface area contributed by atoms with Gasteiger partial charge < -0.3 is 9.84 Å². The molecule has 0 saturated carbocycles. The van der Waals surface area contributed by atoms with Crippen LogP contribution in [0.25, 0.3) is 0 Å². The van der Waals surface area contributed by atoms with Crippen molar-refractivity contribution in [3.63, 3.8) is 0 Å². The highest BCUT2D eigenvalue weighted by Crippen LogP contribution is 2.42. The number of rotatable bonds is 2. The molecule has 100 valence electrons. The van der Waals surface area contributed by atoms with Gasteiger partial charge in [-0.15, -0.1) is 0 Å². The standard InChI is InChI=1S/C15H17ClN2O/c1-9-3-8-12-14(18-19-15(12)17-2)13(9)10-4-6-11(16)7-5-10/h4-7,9,13,17H,3,8H2,1-2H3. The first-order valence-electron chi connectivity index (χ1n) is 6.62. The number of aromatic nitrogens is 1. The van der Waals surface area contributed by atoms with Gasteiger partial charge >= 0.3 is 0 Å². The van der Waals surface area contributed by atoms with Gasteiger partial charge in [0.1, 0.15) is 0 Å². The molecular formula is C15H17ClN2O. The molecule has 1 N–H and O–H groups in total. The smallest absolute Gasteiger partial charge is 0.227 e. The number of hydrogen-bond acceptors (Lipinski definition) is 3. The summed E-state index contributed by atoms with van der Waals surface area (Å²) in [5.74, 6) is 1.66. The Kier molecular flexibility index (Phi) is 3.23. The second-order valence-electron chi connectivity index (χ2n) is 5.17. The Labute approximate surface area is 117 Å². The number of nitrogens with one attached hydrogen (secondary N) is 1. The van der Waals surface area contributed by atoms with E-state index in [-0.39, 0.29) is 0 Å². The monoisotopic (exact) mass is 276 g/mol. The van der Waals surface area contributed by atoms with Gasteiger partial charge in [0.25, 0.3) is 0 Å². The van der Waals surface area contributed by atoms with Crippen molar-refractivity contribution in [3.05, 3.63) is 46.1 Å². The fourth-order valence-corrected chi connectivity index (χ4v) is 3.09. The van der Waals surface area contributed by atoms with Gasteiger partial charge in [-0.2, -0.15) is 0 Å². The van der Waals surface area contributed by atoms with Gasteiger partial charge in [-0.05, 0) is 36.5 Å². The van der Waals surface area contributed by atoms with E-state index in [1.165, 1.54) is 11.1 Å². The van der Waals surface area contributed by atoms with Gasteiger partial charge in [-0.25, -0.2) is 0 Å². The van der Waals surface area contributed by atoms with E-state index in [1.807, 2.05) is 19.2 Å². The Hall–Kier alpha value is -1.48. The summed E-state index contributed by atoms with van der Waals surface area (Å²) in [6.45, 7) is 2.27. The second-order valence-corrected chi connectivity index (χ2v) is 5.61. The molecular weight excluding hydrogens is 260 g/mol. The molecule has 0 spiro atoms. The van der Waals surface area contributed by atoms with E-state index in [2.05, 4.69) is 29.5 Å². The van der Waals surface area contributed by atoms with E-state index in [0.717, 1.165) is 29.4 Å². The summed E-state index contributed by atoms with van der Waals surface area (Å²) in [7, 11) is 1.87. The largest absolute Gasteiger partial charge is 0.357 e. The summed E-state index contributed by atoms with van der Waals surface area (Å²) in [5.41, 5.74) is 3.56. The minimum Gasteiger partial charge on any atom is -0.357 e. The zero-order valence-corrected chi connectivity index (χ0v) is 11.9. The molecule has 19 heavy (non-hydrogen) atoms. The van der Waals surface area contributed by atoms with Gasteiger partial charge in [0.2, 0.25) is 5.88 Å². The maximum atomic E-state index is 5.97. The number of anilines is 1. The average Bonchev–Trinajstić information content (AvgIpc) is 2.83. The Bertz CT molecular complexity index is 576. The maximum absolute atomic E-state index is 5.97. The van der Waals surface area contributed by atoms with Crippen LogP contribution in [0.1, 0.15) is 36.1 Å². The number of nitrogens with zero attached hydrogens (tertiary/aromatic N) is 1. The van der Waals surface area contributed by atoms with Gasteiger partial charge in [-0.3, -0.25) is 0 Å². The first-order valence-corrected chi connectivity index (χ1v) is 7.00. The molecule has 0 amide bonds. The van der Waals surface area contributed by atoms with Crippen molar-refractivity contribution >= 4 is 17.5 Å². The summed E-state index contributed by atoms with van der Waals surface area (Å²) in [6.07, 6.45) is 2.18. The fraction of sp³-hybridized carbons (Fsp3) is 0.400. The van der Waals surface area contributed by atoms with Crippen LogP contribution in [0.4, 0.5) is 5.88 Å². The Morgan fingerprint density at radius 1 is 1.32 bits per heavy atom. The molecule has 0 aliphatic heterocycles. The van der Waals surface area contributed by atoms with Crippen LogP contribution >= 0.6 is 11.6 Å². The van der Waals surface area contributed by atoms with Crippen LogP contribution in [0.3, 0.4) is 0 Å². The zero-order valence-electron chi connectivity index (χ0n) is 11.1. The molecule has 3 rings (SSSR count). The molecule has 0 bridgehead atoms. The van der Waals surface area contributed by atoms with E-state index in [4.69, 9.17) is 16.1 Å². The number of benzene rings is 1. The van der Waals surface area contributed by atoms with Crippen LogP contribution in [0.2, 0.25) is 5.02 Å². The highest BCUT2D eigenvalue weighted by atomic mass is 35.5. The third-order valence-electron chi connectivity index (χ3n) is 3.99. The molecule has 2 aromatic rings. The van der Waals surface area contributed by atoms with Crippen LogP contribution in [-0.2, 0) is 6.42 Å². The van der Waals surface area contributed by atoms with Crippen molar-refractivity contribution in [1.29, 1.82) is 0 Å². The SMILES string of the molecule is CNc1onc2c1CCC(C)C2c1ccc(Cl)cc1. The number of halogens is 1. The molecule has 1 aromatic carbocycles. The van der Waals surface area contributed by atoms with E-state index in [9.17, 15) is 0 Å². The van der Waals surface area contributed by atoms with E-state index >= 15 is 0 Å². The van der Waals surface area contributed by atoms with Gasteiger partial charge in [0, 0.05) is 23.6 Å². The van der Waals surface area contributed by atoms with Gasteiger partial charge in [0.05, 0.1) is 5.69 Å². The quantitative estimate of drug-likeness (QED) is 0.898. The summed E-state index contributed by atoms with van der Waals surface area (Å²) < 4.78 is 5.40. The van der Waals surface area contributed by atoms with E-state index in [0.29, 0.717) is 11.8 Å². The molecule has 1 aliphatic rings. The van der Waals surface area contributed by atoms with Crippen molar-refractivity contribution < 1.29 is 4.52 Å². The fourth-order valence-electron chi connectivity index (χ4n) is 2.97. The maximum Gasteiger partial charge on any atom is 0.227 e. The van der Waals surface area contributed by atoms with Crippen LogP contribution in [0.15, 0.2) is 28.8 Å². The molecule has 2 unspecified atom stereocenters. The zero-order chi connectivity index (χ0) is 13.4. The predicted octanol–water partition coefficient (Wildman–Crippen LogP) is 4.08. The molecule has 1 aliphatic carbocycles. The highest BCUT2D eigenvalue weighted by molar-refractivity contribution is 6.30. The lowest BCUT2D eigenvalue weighted by Gasteiger charge is -2.28. The minimum absolute atomic E-state index is 0.298. The minimum atomic E-state index is 0.298. The third kappa shape index (κ3) is 2.12. The first kappa shape index (κ1) is 12.5. The van der Waals surface area contributed by atoms with Crippen molar-refractivity contribution in [3.8, 4) is 0 Å². The van der Waals surface area contributed by atoms with Crippen molar-refractivity contribution in [1.82, 2.24) is 5.16 Å². The lowest BCUT2D eigenvalue weighted by Crippen LogP contribution is -2.19.